The number of benzene rings is 1. The number of nitrogens with zero attached hydrogens (tertiary/aromatic N) is 1. The summed E-state index contributed by atoms with van der Waals surface area (Å²) in [6.45, 7) is 0.922. The van der Waals surface area contributed by atoms with Gasteiger partial charge in [0, 0.05) is 25.4 Å². The fourth-order valence-corrected chi connectivity index (χ4v) is 4.34. The van der Waals surface area contributed by atoms with Crippen LogP contribution in [0.4, 0.5) is 0 Å². The molecule has 3 heterocycles. The largest absolute Gasteiger partial charge is 0.383 e. The molecule has 4 rings (SSSR count). The van der Waals surface area contributed by atoms with Crippen molar-refractivity contribution in [1.82, 2.24) is 9.72 Å². The van der Waals surface area contributed by atoms with E-state index in [0.29, 0.717) is 18.7 Å². The highest BCUT2D eigenvalue weighted by molar-refractivity contribution is 7.18. The highest BCUT2D eigenvalue weighted by Crippen LogP contribution is 2.29. The van der Waals surface area contributed by atoms with Crippen LogP contribution in [0.15, 0.2) is 64.9 Å². The second-order valence-electron chi connectivity index (χ2n) is 6.51. The van der Waals surface area contributed by atoms with Gasteiger partial charge in [-0.25, -0.2) is 0 Å². The molecule has 0 bridgehead atoms. The van der Waals surface area contributed by atoms with Crippen molar-refractivity contribution >= 4 is 32.8 Å². The minimum Gasteiger partial charge on any atom is -0.383 e. The highest BCUT2D eigenvalue weighted by Gasteiger charge is 2.16. The number of ether oxygens (including phenoxy) is 1. The Morgan fingerprint density at radius 2 is 2.00 bits per heavy atom. The molecule has 0 atom stereocenters. The summed E-state index contributed by atoms with van der Waals surface area (Å²) in [5.41, 5.74) is 2.99. The van der Waals surface area contributed by atoms with Gasteiger partial charge in [-0.3, -0.25) is 14.0 Å². The molecule has 0 aliphatic rings. The van der Waals surface area contributed by atoms with Gasteiger partial charge in [-0.2, -0.15) is 0 Å². The van der Waals surface area contributed by atoms with Crippen LogP contribution >= 0.6 is 11.3 Å². The van der Waals surface area contributed by atoms with Crippen molar-refractivity contribution in [2.75, 3.05) is 20.3 Å². The number of pyridine rings is 2. The summed E-state index contributed by atoms with van der Waals surface area (Å²) in [5, 5.41) is 5.93. The predicted octanol–water partition coefficient (Wildman–Crippen LogP) is 3.49. The van der Waals surface area contributed by atoms with Crippen molar-refractivity contribution in [2.45, 2.75) is 6.42 Å². The van der Waals surface area contributed by atoms with Crippen LogP contribution < -0.4 is 10.9 Å². The van der Waals surface area contributed by atoms with Crippen molar-refractivity contribution in [3.8, 4) is 11.1 Å². The smallest absolute Gasteiger partial charge is 0.263 e. The van der Waals surface area contributed by atoms with E-state index in [1.807, 2.05) is 53.9 Å². The van der Waals surface area contributed by atoms with E-state index in [9.17, 15) is 9.59 Å². The van der Waals surface area contributed by atoms with E-state index in [1.165, 1.54) is 0 Å². The fraction of sp³-hybridized carbons (Fsp3) is 0.182. The molecular formula is C22H20N2O3S. The lowest BCUT2D eigenvalue weighted by molar-refractivity contribution is -0.120. The summed E-state index contributed by atoms with van der Waals surface area (Å²) in [5.74, 6) is -0.0924. The van der Waals surface area contributed by atoms with Gasteiger partial charge in [0.2, 0.25) is 5.91 Å². The molecule has 28 heavy (non-hydrogen) atoms. The van der Waals surface area contributed by atoms with Crippen molar-refractivity contribution in [1.29, 1.82) is 0 Å². The molecule has 0 saturated heterocycles. The van der Waals surface area contributed by atoms with E-state index in [1.54, 1.807) is 29.0 Å². The van der Waals surface area contributed by atoms with Gasteiger partial charge in [-0.15, -0.1) is 11.3 Å². The van der Waals surface area contributed by atoms with E-state index in [4.69, 9.17) is 4.74 Å². The number of carbonyl (C=O) groups is 1. The minimum atomic E-state index is -0.0924. The van der Waals surface area contributed by atoms with E-state index in [2.05, 4.69) is 5.32 Å². The normalized spacial score (nSPS) is 11.2. The number of hydrogen-bond acceptors (Lipinski definition) is 4. The summed E-state index contributed by atoms with van der Waals surface area (Å²) in [6, 6.07) is 15.4. The van der Waals surface area contributed by atoms with Gasteiger partial charge in [-0.05, 0) is 40.1 Å². The Bertz CT molecular complexity index is 1200. The van der Waals surface area contributed by atoms with Crippen LogP contribution in [0.1, 0.15) is 5.56 Å². The standard InChI is InChI=1S/C22H20N2O3S/c1-27-11-9-23-19(25)14-17-13-18(15-5-3-2-4-6-15)22(26)24-10-7-16-8-12-28-21(16)20(17)24/h2-8,10,12-13H,9,11,14H2,1H3,(H,23,25). The maximum atomic E-state index is 13.2. The molecule has 3 aromatic heterocycles. The number of thiophene rings is 1. The number of methoxy groups -OCH3 is 1. The summed E-state index contributed by atoms with van der Waals surface area (Å²) < 4.78 is 7.67. The van der Waals surface area contributed by atoms with E-state index in [-0.39, 0.29) is 17.9 Å². The molecule has 0 aliphatic carbocycles. The summed E-state index contributed by atoms with van der Waals surface area (Å²) in [4.78, 5) is 25.7. The molecular weight excluding hydrogens is 372 g/mol. The van der Waals surface area contributed by atoms with Gasteiger partial charge in [0.15, 0.2) is 0 Å². The first-order valence-electron chi connectivity index (χ1n) is 9.04. The maximum absolute atomic E-state index is 13.2. The van der Waals surface area contributed by atoms with Crippen molar-refractivity contribution in [3.05, 3.63) is 76.0 Å². The van der Waals surface area contributed by atoms with Crippen LogP contribution in [-0.4, -0.2) is 30.6 Å². The van der Waals surface area contributed by atoms with Crippen molar-refractivity contribution < 1.29 is 9.53 Å². The first kappa shape index (κ1) is 18.4. The number of carbonyl (C=O) groups excluding carboxylic acids is 1. The fourth-order valence-electron chi connectivity index (χ4n) is 3.37. The monoisotopic (exact) mass is 392 g/mol. The first-order valence-corrected chi connectivity index (χ1v) is 9.92. The number of rotatable bonds is 6. The van der Waals surface area contributed by atoms with Crippen LogP contribution in [0.5, 0.6) is 0 Å². The number of hydrogen-bond donors (Lipinski definition) is 1. The SMILES string of the molecule is COCCNC(=O)Cc1cc(-c2ccccc2)c(=O)n2ccc3ccsc3c12. The average molecular weight is 392 g/mol. The van der Waals surface area contributed by atoms with Crippen LogP contribution in [-0.2, 0) is 16.0 Å². The quantitative estimate of drug-likeness (QED) is 0.511. The molecule has 6 heteroatoms. The lowest BCUT2D eigenvalue weighted by Gasteiger charge is -2.13. The van der Waals surface area contributed by atoms with Crippen molar-refractivity contribution in [2.24, 2.45) is 0 Å². The first-order chi connectivity index (χ1) is 13.7. The Morgan fingerprint density at radius 3 is 2.79 bits per heavy atom. The van der Waals surface area contributed by atoms with Gasteiger partial charge < -0.3 is 10.1 Å². The zero-order valence-electron chi connectivity index (χ0n) is 15.5. The zero-order valence-corrected chi connectivity index (χ0v) is 16.3. The van der Waals surface area contributed by atoms with Crippen LogP contribution in [0.2, 0.25) is 0 Å². The molecule has 4 aromatic rings. The van der Waals surface area contributed by atoms with Gasteiger partial charge in [-0.1, -0.05) is 30.3 Å². The van der Waals surface area contributed by atoms with Gasteiger partial charge >= 0.3 is 0 Å². The Morgan fingerprint density at radius 1 is 1.18 bits per heavy atom. The third kappa shape index (κ3) is 3.44. The molecule has 0 saturated carbocycles. The molecule has 0 unspecified atom stereocenters. The Balaban J connectivity index is 1.89. The Kier molecular flexibility index (Phi) is 5.23. The van der Waals surface area contributed by atoms with E-state index in [0.717, 1.165) is 26.7 Å². The van der Waals surface area contributed by atoms with Crippen LogP contribution in [0.25, 0.3) is 26.7 Å². The van der Waals surface area contributed by atoms with Gasteiger partial charge in [0.1, 0.15) is 0 Å². The van der Waals surface area contributed by atoms with Crippen LogP contribution in [0, 0.1) is 0 Å². The minimum absolute atomic E-state index is 0.0833. The third-order valence-corrected chi connectivity index (χ3v) is 5.63. The number of fused-ring (bicyclic) bond motifs is 3. The molecule has 142 valence electrons. The lowest BCUT2D eigenvalue weighted by Crippen LogP contribution is -2.29. The molecule has 1 N–H and O–H groups in total. The molecule has 0 radical (unpaired) electrons. The van der Waals surface area contributed by atoms with Crippen LogP contribution in [0.3, 0.4) is 0 Å². The second-order valence-corrected chi connectivity index (χ2v) is 7.43. The van der Waals surface area contributed by atoms with Crippen molar-refractivity contribution in [3.63, 3.8) is 0 Å². The molecule has 0 aliphatic heterocycles. The third-order valence-electron chi connectivity index (χ3n) is 4.69. The summed E-state index contributed by atoms with van der Waals surface area (Å²) in [6.07, 6.45) is 2.00. The highest BCUT2D eigenvalue weighted by atomic mass is 32.1. The molecule has 1 amide bonds. The zero-order chi connectivity index (χ0) is 19.5. The average Bonchev–Trinajstić information content (AvgIpc) is 3.19. The number of aromatic nitrogens is 1. The topological polar surface area (TPSA) is 59.8 Å². The van der Waals surface area contributed by atoms with Gasteiger partial charge in [0.05, 0.1) is 23.2 Å². The predicted molar refractivity (Wildman–Crippen MR) is 113 cm³/mol. The Hall–Kier alpha value is -2.96. The maximum Gasteiger partial charge on any atom is 0.263 e. The second kappa shape index (κ2) is 7.96. The van der Waals surface area contributed by atoms with E-state index < -0.39 is 0 Å². The molecule has 5 nitrogen and oxygen atoms in total. The lowest BCUT2D eigenvalue weighted by atomic mass is 10.0. The molecule has 0 fully saturated rings. The summed E-state index contributed by atoms with van der Waals surface area (Å²) >= 11 is 1.58. The number of amides is 1. The summed E-state index contributed by atoms with van der Waals surface area (Å²) in [7, 11) is 1.60. The molecule has 0 spiro atoms. The molecule has 1 aromatic carbocycles. The van der Waals surface area contributed by atoms with Gasteiger partial charge in [0.25, 0.3) is 5.56 Å². The Labute approximate surface area is 166 Å². The van der Waals surface area contributed by atoms with E-state index >= 15 is 0 Å². The number of nitrogens with one attached hydrogen (secondary N) is 1.